The van der Waals surface area contributed by atoms with Crippen LogP contribution in [-0.4, -0.2) is 19.1 Å². The van der Waals surface area contributed by atoms with Gasteiger partial charge in [-0.25, -0.2) is 4.98 Å². The van der Waals surface area contributed by atoms with Crippen molar-refractivity contribution < 1.29 is 9.30 Å². The molecular weight excluding hydrogens is 627 g/mol. The first-order valence-corrected chi connectivity index (χ1v) is 17.8. The van der Waals surface area contributed by atoms with Crippen LogP contribution in [0.25, 0.3) is 39.1 Å². The molecule has 0 spiro atoms. The normalized spacial score (nSPS) is 12.6. The third-order valence-electron chi connectivity index (χ3n) is 9.97. The van der Waals surface area contributed by atoms with Crippen LogP contribution in [0.2, 0.25) is 0 Å². The highest BCUT2D eigenvalue weighted by Gasteiger charge is 2.23. The van der Waals surface area contributed by atoms with Crippen molar-refractivity contribution in [3.05, 3.63) is 132 Å². The SMILES string of the molecule is Cc1c(C)[n+](-c2cc(C(C)(C)C)cc(C(C)(C)C)c2)[c-]n1-c1cc(Oc2ccc3c4ccccc4n(-c4cc(C(C)(C)C)ccn4)c3c2)ccn1. The lowest BCUT2D eigenvalue weighted by molar-refractivity contribution is -0.606. The van der Waals surface area contributed by atoms with Gasteiger partial charge in [0, 0.05) is 35.3 Å². The van der Waals surface area contributed by atoms with Gasteiger partial charge in [-0.1, -0.05) is 86.6 Å². The van der Waals surface area contributed by atoms with E-state index in [2.05, 4.69) is 158 Å². The molecule has 0 aliphatic rings. The standard InChI is InChI=1S/C45H49N5O/c1-29-30(2)49(28-48(29)34-23-32(44(6,7)8)22-33(24-34)45(9,10)11)41-27-36(19-21-46-41)51-35-16-17-38-37-14-12-13-15-39(37)50(40(38)26-35)42-25-31(18-20-47-42)43(3,4)5/h12-27H,1-11H3. The third-order valence-corrected chi connectivity index (χ3v) is 9.97. The summed E-state index contributed by atoms with van der Waals surface area (Å²) in [6.45, 7) is 24.6. The minimum Gasteiger partial charge on any atom is -0.458 e. The fourth-order valence-electron chi connectivity index (χ4n) is 6.64. The number of ether oxygens (including phenoxy) is 1. The van der Waals surface area contributed by atoms with Gasteiger partial charge in [-0.15, -0.1) is 0 Å². The number of benzene rings is 3. The Morgan fingerprint density at radius 2 is 1.20 bits per heavy atom. The summed E-state index contributed by atoms with van der Waals surface area (Å²) < 4.78 is 13.0. The lowest BCUT2D eigenvalue weighted by atomic mass is 9.80. The van der Waals surface area contributed by atoms with Gasteiger partial charge >= 0.3 is 0 Å². The van der Waals surface area contributed by atoms with Gasteiger partial charge in [0.2, 0.25) is 0 Å². The van der Waals surface area contributed by atoms with Gasteiger partial charge in [-0.3, -0.25) is 18.7 Å². The molecule has 6 heteroatoms. The van der Waals surface area contributed by atoms with Crippen molar-refractivity contribution in [3.63, 3.8) is 0 Å². The van der Waals surface area contributed by atoms with E-state index in [9.17, 15) is 0 Å². The van der Waals surface area contributed by atoms with E-state index in [0.717, 1.165) is 50.9 Å². The van der Waals surface area contributed by atoms with E-state index in [-0.39, 0.29) is 16.2 Å². The Labute approximate surface area is 302 Å². The second-order valence-electron chi connectivity index (χ2n) is 16.8. The maximum Gasteiger partial charge on any atom is 0.270 e. The summed E-state index contributed by atoms with van der Waals surface area (Å²) >= 11 is 0. The van der Waals surface area contributed by atoms with Crippen LogP contribution in [-0.2, 0) is 16.2 Å². The van der Waals surface area contributed by atoms with Crippen LogP contribution in [0.5, 0.6) is 11.5 Å². The molecule has 0 fully saturated rings. The summed E-state index contributed by atoms with van der Waals surface area (Å²) in [6, 6.07) is 29.9. The molecular formula is C45H49N5O. The Hall–Kier alpha value is -5.23. The van der Waals surface area contributed by atoms with Crippen molar-refractivity contribution in [1.82, 2.24) is 19.1 Å². The Kier molecular flexibility index (Phi) is 8.20. The number of hydrogen-bond donors (Lipinski definition) is 0. The maximum absolute atomic E-state index is 6.57. The van der Waals surface area contributed by atoms with Gasteiger partial charge in [0.15, 0.2) is 5.82 Å². The average Bonchev–Trinajstić information content (AvgIpc) is 3.56. The number of rotatable bonds is 5. The molecule has 0 radical (unpaired) electrons. The van der Waals surface area contributed by atoms with E-state index in [1.165, 1.54) is 22.1 Å². The number of hydrogen-bond acceptors (Lipinski definition) is 3. The number of fused-ring (bicyclic) bond motifs is 3. The molecule has 0 aliphatic carbocycles. The molecule has 4 aromatic heterocycles. The molecule has 51 heavy (non-hydrogen) atoms. The van der Waals surface area contributed by atoms with Crippen molar-refractivity contribution in [3.8, 4) is 28.8 Å². The smallest absolute Gasteiger partial charge is 0.270 e. The molecule has 0 bridgehead atoms. The van der Waals surface area contributed by atoms with E-state index < -0.39 is 0 Å². The molecule has 0 saturated carbocycles. The van der Waals surface area contributed by atoms with E-state index in [0.29, 0.717) is 5.75 Å². The van der Waals surface area contributed by atoms with Gasteiger partial charge < -0.3 is 4.74 Å². The van der Waals surface area contributed by atoms with Crippen molar-refractivity contribution >= 4 is 21.8 Å². The van der Waals surface area contributed by atoms with E-state index in [1.807, 2.05) is 29.0 Å². The van der Waals surface area contributed by atoms with Crippen molar-refractivity contribution in [2.75, 3.05) is 0 Å². The molecule has 7 rings (SSSR count). The van der Waals surface area contributed by atoms with Crippen LogP contribution in [0.1, 0.15) is 90.4 Å². The van der Waals surface area contributed by atoms with Gasteiger partial charge in [0.1, 0.15) is 17.3 Å². The number of pyridine rings is 2. The maximum atomic E-state index is 6.57. The van der Waals surface area contributed by atoms with Crippen LogP contribution < -0.4 is 9.30 Å². The Balaban J connectivity index is 1.27. The zero-order chi connectivity index (χ0) is 36.5. The third kappa shape index (κ3) is 6.44. The van der Waals surface area contributed by atoms with Gasteiger partial charge in [-0.2, -0.15) is 0 Å². The van der Waals surface area contributed by atoms with Crippen LogP contribution in [0.15, 0.2) is 97.3 Å². The summed E-state index contributed by atoms with van der Waals surface area (Å²) in [5.41, 5.74) is 9.30. The molecule has 260 valence electrons. The first kappa shape index (κ1) is 34.2. The summed E-state index contributed by atoms with van der Waals surface area (Å²) in [7, 11) is 0. The Morgan fingerprint density at radius 3 is 1.88 bits per heavy atom. The number of aromatic nitrogens is 5. The highest BCUT2D eigenvalue weighted by atomic mass is 16.5. The second-order valence-corrected chi connectivity index (χ2v) is 16.8. The fraction of sp³-hybridized carbons (Fsp3) is 0.311. The molecule has 4 heterocycles. The van der Waals surface area contributed by atoms with Gasteiger partial charge in [0.05, 0.1) is 28.1 Å². The van der Waals surface area contributed by atoms with Crippen LogP contribution in [0.3, 0.4) is 0 Å². The summed E-state index contributed by atoms with van der Waals surface area (Å²) in [6.07, 6.45) is 7.32. The lowest BCUT2D eigenvalue weighted by Crippen LogP contribution is -2.33. The molecule has 7 aromatic rings. The van der Waals surface area contributed by atoms with E-state index in [4.69, 9.17) is 14.7 Å². The summed E-state index contributed by atoms with van der Waals surface area (Å²) in [5, 5.41) is 2.33. The van der Waals surface area contributed by atoms with Gasteiger partial charge in [0.25, 0.3) is 6.33 Å². The zero-order valence-corrected chi connectivity index (χ0v) is 31.9. The van der Waals surface area contributed by atoms with Crippen molar-refractivity contribution in [2.45, 2.75) is 92.4 Å². The minimum absolute atomic E-state index is 0.00289. The molecule has 6 nitrogen and oxygen atoms in total. The highest BCUT2D eigenvalue weighted by Crippen LogP contribution is 2.36. The lowest BCUT2D eigenvalue weighted by Gasteiger charge is -2.26. The first-order chi connectivity index (χ1) is 24.0. The minimum atomic E-state index is 0.00289. The predicted octanol–water partition coefficient (Wildman–Crippen LogP) is 10.7. The van der Waals surface area contributed by atoms with Crippen LogP contribution >= 0.6 is 0 Å². The zero-order valence-electron chi connectivity index (χ0n) is 31.9. The monoisotopic (exact) mass is 675 g/mol. The molecule has 0 aliphatic heterocycles. The van der Waals surface area contributed by atoms with Crippen LogP contribution in [0, 0.1) is 20.2 Å². The molecule has 0 N–H and O–H groups in total. The van der Waals surface area contributed by atoms with E-state index in [1.54, 1.807) is 6.20 Å². The molecule has 0 atom stereocenters. The summed E-state index contributed by atoms with van der Waals surface area (Å²) in [4.78, 5) is 9.59. The first-order valence-electron chi connectivity index (χ1n) is 17.8. The van der Waals surface area contributed by atoms with Gasteiger partial charge in [-0.05, 0) is 95.3 Å². The molecule has 0 unspecified atom stereocenters. The Morgan fingerprint density at radius 1 is 0.588 bits per heavy atom. The fourth-order valence-corrected chi connectivity index (χ4v) is 6.64. The van der Waals surface area contributed by atoms with Crippen molar-refractivity contribution in [1.29, 1.82) is 0 Å². The molecule has 0 amide bonds. The number of para-hydroxylation sites is 1. The van der Waals surface area contributed by atoms with Crippen molar-refractivity contribution in [2.24, 2.45) is 0 Å². The predicted molar refractivity (Wildman–Crippen MR) is 208 cm³/mol. The largest absolute Gasteiger partial charge is 0.458 e. The number of imidazole rings is 1. The topological polar surface area (TPSA) is 48.8 Å². The second kappa shape index (κ2) is 12.2. The number of nitrogens with zero attached hydrogens (tertiary/aromatic N) is 5. The van der Waals surface area contributed by atoms with E-state index >= 15 is 0 Å². The molecule has 0 saturated heterocycles. The van der Waals surface area contributed by atoms with Crippen LogP contribution in [0.4, 0.5) is 0 Å². The average molecular weight is 676 g/mol. The highest BCUT2D eigenvalue weighted by molar-refractivity contribution is 6.09. The molecule has 3 aromatic carbocycles. The Bertz CT molecular complexity index is 2390. The quantitative estimate of drug-likeness (QED) is 0.135. The summed E-state index contributed by atoms with van der Waals surface area (Å²) in [5.74, 6) is 3.07.